The van der Waals surface area contributed by atoms with Crippen molar-refractivity contribution >= 4 is 41.1 Å². The lowest BCUT2D eigenvalue weighted by molar-refractivity contribution is -0.142. The third-order valence-corrected chi connectivity index (χ3v) is 2.50. The predicted octanol–water partition coefficient (Wildman–Crippen LogP) is -0.509. The van der Waals surface area contributed by atoms with E-state index in [0.717, 1.165) is 0 Å². The molecule has 0 aromatic carbocycles. The van der Waals surface area contributed by atoms with E-state index >= 15 is 0 Å². The van der Waals surface area contributed by atoms with Crippen molar-refractivity contribution in [1.29, 1.82) is 0 Å². The summed E-state index contributed by atoms with van der Waals surface area (Å²) >= 11 is 5.89. The van der Waals surface area contributed by atoms with E-state index in [1.807, 2.05) is 0 Å². The molecule has 11 heteroatoms. The molecule has 1 amide bonds. The van der Waals surface area contributed by atoms with Crippen molar-refractivity contribution < 1.29 is 14.3 Å². The molecule has 0 radical (unpaired) electrons. The highest BCUT2D eigenvalue weighted by Gasteiger charge is 2.17. The van der Waals surface area contributed by atoms with Crippen LogP contribution in [0.2, 0.25) is 5.15 Å². The number of halogens is 1. The van der Waals surface area contributed by atoms with Gasteiger partial charge in [0.2, 0.25) is 0 Å². The van der Waals surface area contributed by atoms with E-state index in [0.29, 0.717) is 6.61 Å². The Balaban J connectivity index is 2.80. The Morgan fingerprint density at radius 3 is 2.64 bits per heavy atom. The standard InChI is InChI=1S/C11H16ClN7O3/c1-2-22-5(20)3-4-16-9-7(12)17-6(8(13)18-9)10(21)19-11(14)15/h2-4H2,1H3,(H3,13,16,18)(H4,14,15,19,21). The number of amides is 1. The summed E-state index contributed by atoms with van der Waals surface area (Å²) in [7, 11) is 0. The lowest BCUT2D eigenvalue weighted by Crippen LogP contribution is -2.25. The van der Waals surface area contributed by atoms with E-state index in [4.69, 9.17) is 33.5 Å². The van der Waals surface area contributed by atoms with Crippen LogP contribution in [-0.2, 0) is 9.53 Å². The normalized spacial score (nSPS) is 9.91. The van der Waals surface area contributed by atoms with Crippen molar-refractivity contribution in [2.75, 3.05) is 24.2 Å². The highest BCUT2D eigenvalue weighted by molar-refractivity contribution is 6.32. The molecule has 0 bridgehead atoms. The Morgan fingerprint density at radius 1 is 1.36 bits per heavy atom. The van der Waals surface area contributed by atoms with Gasteiger partial charge in [0.05, 0.1) is 13.0 Å². The molecule has 0 aliphatic heterocycles. The van der Waals surface area contributed by atoms with Gasteiger partial charge in [0, 0.05) is 6.54 Å². The van der Waals surface area contributed by atoms with Gasteiger partial charge in [0.1, 0.15) is 0 Å². The minimum atomic E-state index is -0.857. The summed E-state index contributed by atoms with van der Waals surface area (Å²) < 4.78 is 4.77. The fourth-order valence-electron chi connectivity index (χ4n) is 1.38. The van der Waals surface area contributed by atoms with Crippen molar-refractivity contribution in [3.8, 4) is 0 Å². The van der Waals surface area contributed by atoms with Crippen LogP contribution in [0, 0.1) is 0 Å². The first kappa shape index (κ1) is 17.4. The smallest absolute Gasteiger partial charge is 0.307 e. The van der Waals surface area contributed by atoms with Crippen LogP contribution in [0.4, 0.5) is 11.6 Å². The summed E-state index contributed by atoms with van der Waals surface area (Å²) in [5.74, 6) is -1.72. The average Bonchev–Trinajstić information content (AvgIpc) is 2.41. The van der Waals surface area contributed by atoms with Gasteiger partial charge in [-0.05, 0) is 6.92 Å². The maximum Gasteiger partial charge on any atom is 0.307 e. The Bertz CT molecular complexity index is 602. The number of carbonyl (C=O) groups is 2. The molecule has 0 aliphatic rings. The Morgan fingerprint density at radius 2 is 2.05 bits per heavy atom. The minimum absolute atomic E-state index is 0.104. The maximum absolute atomic E-state index is 11.6. The Hall–Kier alpha value is -2.62. The van der Waals surface area contributed by atoms with Gasteiger partial charge in [-0.25, -0.2) is 9.97 Å². The molecule has 1 rings (SSSR count). The zero-order chi connectivity index (χ0) is 16.7. The van der Waals surface area contributed by atoms with E-state index < -0.39 is 11.9 Å². The number of nitrogens with one attached hydrogen (secondary N) is 1. The molecule has 0 spiro atoms. The van der Waals surface area contributed by atoms with E-state index in [1.54, 1.807) is 6.92 Å². The first-order chi connectivity index (χ1) is 10.3. The molecule has 1 heterocycles. The van der Waals surface area contributed by atoms with Crippen molar-refractivity contribution in [2.24, 2.45) is 16.5 Å². The molecule has 0 aliphatic carbocycles. The molecule has 120 valence electrons. The first-order valence-electron chi connectivity index (χ1n) is 6.21. The summed E-state index contributed by atoms with van der Waals surface area (Å²) in [5, 5.41) is 2.66. The van der Waals surface area contributed by atoms with E-state index in [1.165, 1.54) is 0 Å². The lowest BCUT2D eigenvalue weighted by Gasteiger charge is -2.09. The number of hydrogen-bond acceptors (Lipinski definition) is 7. The second-order valence-corrected chi connectivity index (χ2v) is 4.28. The van der Waals surface area contributed by atoms with E-state index in [9.17, 15) is 9.59 Å². The second-order valence-electron chi connectivity index (χ2n) is 3.92. The zero-order valence-corrected chi connectivity index (χ0v) is 12.6. The molecule has 7 N–H and O–H groups in total. The van der Waals surface area contributed by atoms with Gasteiger partial charge < -0.3 is 27.3 Å². The average molecular weight is 330 g/mol. The molecule has 0 saturated carbocycles. The molecule has 0 unspecified atom stereocenters. The largest absolute Gasteiger partial charge is 0.466 e. The van der Waals surface area contributed by atoms with E-state index in [2.05, 4.69) is 20.3 Å². The number of nitrogens with zero attached hydrogens (tertiary/aromatic N) is 3. The molecule has 0 atom stereocenters. The molecule has 0 saturated heterocycles. The van der Waals surface area contributed by atoms with Crippen LogP contribution in [0.3, 0.4) is 0 Å². The third-order valence-electron chi connectivity index (χ3n) is 2.24. The van der Waals surface area contributed by atoms with Gasteiger partial charge in [-0.2, -0.15) is 4.99 Å². The first-order valence-corrected chi connectivity index (χ1v) is 6.59. The number of esters is 1. The SMILES string of the molecule is CCOC(=O)CCNc1nc(N)c(C(=O)N=C(N)N)nc1Cl. The number of ether oxygens (including phenoxy) is 1. The highest BCUT2D eigenvalue weighted by atomic mass is 35.5. The number of carbonyl (C=O) groups excluding carboxylic acids is 2. The fourth-order valence-corrected chi connectivity index (χ4v) is 1.58. The Kier molecular flexibility index (Phi) is 6.32. The quantitative estimate of drug-likeness (QED) is 0.304. The third kappa shape index (κ3) is 5.05. The Labute approximate surface area is 131 Å². The van der Waals surface area contributed by atoms with Crippen LogP contribution in [0.1, 0.15) is 23.8 Å². The van der Waals surface area contributed by atoms with Gasteiger partial charge in [-0.3, -0.25) is 9.59 Å². The number of nitrogens with two attached hydrogens (primary N) is 3. The number of anilines is 2. The van der Waals surface area contributed by atoms with Crippen LogP contribution >= 0.6 is 11.6 Å². The summed E-state index contributed by atoms with van der Waals surface area (Å²) in [6, 6.07) is 0. The fraction of sp³-hybridized carbons (Fsp3) is 0.364. The van der Waals surface area contributed by atoms with Gasteiger partial charge in [-0.15, -0.1) is 0 Å². The van der Waals surface area contributed by atoms with Crippen LogP contribution < -0.4 is 22.5 Å². The number of guanidine groups is 1. The maximum atomic E-state index is 11.6. The van der Waals surface area contributed by atoms with Gasteiger partial charge in [0.15, 0.2) is 28.4 Å². The molecule has 10 nitrogen and oxygen atoms in total. The van der Waals surface area contributed by atoms with Crippen molar-refractivity contribution in [1.82, 2.24) is 9.97 Å². The summed E-state index contributed by atoms with van der Waals surface area (Å²) in [6.07, 6.45) is 0.112. The number of rotatable bonds is 6. The summed E-state index contributed by atoms with van der Waals surface area (Å²) in [5.41, 5.74) is 15.5. The van der Waals surface area contributed by atoms with Crippen LogP contribution in [0.5, 0.6) is 0 Å². The predicted molar refractivity (Wildman–Crippen MR) is 81.3 cm³/mol. The highest BCUT2D eigenvalue weighted by Crippen LogP contribution is 2.20. The van der Waals surface area contributed by atoms with Crippen molar-refractivity contribution in [3.63, 3.8) is 0 Å². The number of aliphatic imine (C=N–C) groups is 1. The lowest BCUT2D eigenvalue weighted by atomic mass is 10.4. The van der Waals surface area contributed by atoms with Crippen LogP contribution in [0.25, 0.3) is 0 Å². The number of nitrogen functional groups attached to an aromatic ring is 1. The zero-order valence-electron chi connectivity index (χ0n) is 11.8. The molecule has 22 heavy (non-hydrogen) atoms. The topological polar surface area (TPSA) is 172 Å². The van der Waals surface area contributed by atoms with E-state index in [-0.39, 0.29) is 41.4 Å². The molecular formula is C11H16ClN7O3. The summed E-state index contributed by atoms with van der Waals surface area (Å²) in [6.45, 7) is 2.22. The monoisotopic (exact) mass is 329 g/mol. The van der Waals surface area contributed by atoms with Crippen LogP contribution in [0.15, 0.2) is 4.99 Å². The van der Waals surface area contributed by atoms with Gasteiger partial charge in [-0.1, -0.05) is 11.6 Å². The minimum Gasteiger partial charge on any atom is -0.466 e. The van der Waals surface area contributed by atoms with Crippen molar-refractivity contribution in [2.45, 2.75) is 13.3 Å². The second kappa shape index (κ2) is 7.98. The van der Waals surface area contributed by atoms with Gasteiger partial charge in [0.25, 0.3) is 0 Å². The number of aromatic nitrogens is 2. The number of hydrogen-bond donors (Lipinski definition) is 4. The summed E-state index contributed by atoms with van der Waals surface area (Å²) in [4.78, 5) is 33.8. The molecule has 0 fully saturated rings. The van der Waals surface area contributed by atoms with Gasteiger partial charge >= 0.3 is 11.9 Å². The van der Waals surface area contributed by atoms with Crippen LogP contribution in [-0.4, -0.2) is 41.0 Å². The molecule has 1 aromatic rings. The molecule has 1 aromatic heterocycles. The molecular weight excluding hydrogens is 314 g/mol. The van der Waals surface area contributed by atoms with Crippen molar-refractivity contribution in [3.05, 3.63) is 10.8 Å².